The maximum Gasteiger partial charge on any atom is 0.347 e. The minimum atomic E-state index is -1.04. The summed E-state index contributed by atoms with van der Waals surface area (Å²) in [5.41, 5.74) is 3.49. The first-order valence-corrected chi connectivity index (χ1v) is 12.9. The predicted octanol–water partition coefficient (Wildman–Crippen LogP) is 5.44. The molecule has 0 amide bonds. The van der Waals surface area contributed by atoms with Gasteiger partial charge in [0.05, 0.1) is 25.4 Å². The number of ketones is 1. The highest BCUT2D eigenvalue weighted by Crippen LogP contribution is 2.35. The van der Waals surface area contributed by atoms with E-state index in [1.54, 1.807) is 6.07 Å². The van der Waals surface area contributed by atoms with Crippen molar-refractivity contribution in [1.82, 2.24) is 0 Å². The van der Waals surface area contributed by atoms with Crippen LogP contribution in [0.4, 0.5) is 0 Å². The van der Waals surface area contributed by atoms with Crippen LogP contribution in [-0.4, -0.2) is 48.9 Å². The van der Waals surface area contributed by atoms with Gasteiger partial charge >= 0.3 is 5.97 Å². The third-order valence-electron chi connectivity index (χ3n) is 6.21. The maximum atomic E-state index is 12.1. The number of hydrogen-bond acceptors (Lipinski definition) is 6. The van der Waals surface area contributed by atoms with Crippen LogP contribution in [0.25, 0.3) is 0 Å². The number of benzene rings is 2. The molecule has 7 nitrogen and oxygen atoms in total. The molecular weight excluding hydrogens is 460 g/mol. The van der Waals surface area contributed by atoms with Crippen LogP contribution in [0.3, 0.4) is 0 Å². The summed E-state index contributed by atoms with van der Waals surface area (Å²) in [5, 5.41) is 9.75. The van der Waals surface area contributed by atoms with Crippen molar-refractivity contribution in [2.24, 2.45) is 0 Å². The molecule has 0 aromatic heterocycles. The summed E-state index contributed by atoms with van der Waals surface area (Å²) in [6, 6.07) is 9.53. The van der Waals surface area contributed by atoms with Gasteiger partial charge in [0.15, 0.2) is 5.78 Å². The second-order valence-electron chi connectivity index (χ2n) is 9.01. The number of aliphatic carboxylic acids is 1. The predicted molar refractivity (Wildman–Crippen MR) is 138 cm³/mol. The Morgan fingerprint density at radius 1 is 1.03 bits per heavy atom. The summed E-state index contributed by atoms with van der Waals surface area (Å²) in [5.74, 6) is 0.934. The van der Waals surface area contributed by atoms with Crippen molar-refractivity contribution >= 4 is 11.8 Å². The molecule has 1 aliphatic heterocycles. The molecule has 0 spiro atoms. The van der Waals surface area contributed by atoms with E-state index in [0.717, 1.165) is 42.4 Å². The fourth-order valence-corrected chi connectivity index (χ4v) is 4.59. The zero-order valence-electron chi connectivity index (χ0n) is 21.8. The molecular formula is C29H38O7. The smallest absolute Gasteiger partial charge is 0.347 e. The van der Waals surface area contributed by atoms with E-state index in [0.29, 0.717) is 55.5 Å². The zero-order valence-corrected chi connectivity index (χ0v) is 21.8. The maximum absolute atomic E-state index is 12.1. The molecule has 1 heterocycles. The monoisotopic (exact) mass is 498 g/mol. The lowest BCUT2D eigenvalue weighted by Crippen LogP contribution is -2.45. The standard InChI is InChI=1S/C29H38O7/c1-5-10-20-12-8-13-21-18-25(28(29(31)32)36-26(20)21)35-17-9-16-34-24-15-14-22(19(4)30)27(33-7-3)23(24)11-6-2/h8,12-15,25,28H,5-7,9-11,16-18H2,1-4H3,(H,31,32). The number of rotatable bonds is 14. The van der Waals surface area contributed by atoms with Crippen LogP contribution in [0.5, 0.6) is 17.2 Å². The van der Waals surface area contributed by atoms with Crippen molar-refractivity contribution in [3.63, 3.8) is 0 Å². The van der Waals surface area contributed by atoms with E-state index in [9.17, 15) is 14.7 Å². The van der Waals surface area contributed by atoms with Gasteiger partial charge in [0.1, 0.15) is 23.4 Å². The van der Waals surface area contributed by atoms with Crippen LogP contribution < -0.4 is 14.2 Å². The Hall–Kier alpha value is -3.06. The molecule has 36 heavy (non-hydrogen) atoms. The Morgan fingerprint density at radius 3 is 2.47 bits per heavy atom. The highest BCUT2D eigenvalue weighted by molar-refractivity contribution is 5.97. The molecule has 2 aromatic rings. The Morgan fingerprint density at radius 2 is 1.81 bits per heavy atom. The van der Waals surface area contributed by atoms with E-state index < -0.39 is 18.2 Å². The van der Waals surface area contributed by atoms with Crippen LogP contribution in [0.2, 0.25) is 0 Å². The average Bonchev–Trinajstić information content (AvgIpc) is 2.85. The summed E-state index contributed by atoms with van der Waals surface area (Å²) in [7, 11) is 0. The number of hydrogen-bond donors (Lipinski definition) is 1. The lowest BCUT2D eigenvalue weighted by molar-refractivity contribution is -0.154. The number of carbonyl (C=O) groups is 2. The van der Waals surface area contributed by atoms with Gasteiger partial charge in [0.25, 0.3) is 0 Å². The van der Waals surface area contributed by atoms with Gasteiger partial charge in [-0.25, -0.2) is 4.79 Å². The van der Waals surface area contributed by atoms with Gasteiger partial charge in [-0.1, -0.05) is 44.9 Å². The fourth-order valence-electron chi connectivity index (χ4n) is 4.59. The van der Waals surface area contributed by atoms with Crippen LogP contribution >= 0.6 is 0 Å². The largest absolute Gasteiger partial charge is 0.493 e. The second-order valence-corrected chi connectivity index (χ2v) is 9.01. The number of ether oxygens (including phenoxy) is 4. The van der Waals surface area contributed by atoms with Crippen LogP contribution in [0, 0.1) is 0 Å². The lowest BCUT2D eigenvalue weighted by Gasteiger charge is -2.32. The van der Waals surface area contributed by atoms with Crippen molar-refractivity contribution in [3.8, 4) is 17.2 Å². The quantitative estimate of drug-likeness (QED) is 0.274. The summed E-state index contributed by atoms with van der Waals surface area (Å²) in [4.78, 5) is 24.0. The molecule has 196 valence electrons. The second kappa shape index (κ2) is 13.3. The van der Waals surface area contributed by atoms with Crippen molar-refractivity contribution in [2.75, 3.05) is 19.8 Å². The average molecular weight is 499 g/mol. The van der Waals surface area contributed by atoms with Crippen LogP contribution in [0.1, 0.15) is 74.0 Å². The number of para-hydroxylation sites is 1. The van der Waals surface area contributed by atoms with Gasteiger partial charge < -0.3 is 24.1 Å². The van der Waals surface area contributed by atoms with E-state index in [1.165, 1.54) is 6.92 Å². The molecule has 0 fully saturated rings. The number of fused-ring (bicyclic) bond motifs is 1. The van der Waals surface area contributed by atoms with Crippen LogP contribution in [-0.2, 0) is 28.8 Å². The summed E-state index contributed by atoms with van der Waals surface area (Å²) >= 11 is 0. The summed E-state index contributed by atoms with van der Waals surface area (Å²) in [6.45, 7) is 8.79. The lowest BCUT2D eigenvalue weighted by atomic mass is 9.95. The molecule has 0 radical (unpaired) electrons. The fraction of sp³-hybridized carbons (Fsp3) is 0.517. The number of Topliss-reactive ketones (excluding diaryl/α,β-unsaturated/α-hetero) is 1. The normalized spacial score (nSPS) is 16.7. The highest BCUT2D eigenvalue weighted by Gasteiger charge is 2.37. The van der Waals surface area contributed by atoms with Crippen molar-refractivity contribution in [3.05, 3.63) is 52.6 Å². The van der Waals surface area contributed by atoms with Gasteiger partial charge in [-0.15, -0.1) is 0 Å². The molecule has 0 saturated carbocycles. The molecule has 2 aromatic carbocycles. The Kier molecular flexibility index (Phi) is 10.2. The molecule has 3 rings (SSSR count). The van der Waals surface area contributed by atoms with Crippen molar-refractivity contribution in [2.45, 2.75) is 78.4 Å². The first kappa shape index (κ1) is 27.5. The topological polar surface area (TPSA) is 91.3 Å². The molecule has 1 N–H and O–H groups in total. The van der Waals surface area contributed by atoms with Gasteiger partial charge in [-0.05, 0) is 49.9 Å². The first-order chi connectivity index (χ1) is 17.4. The Labute approximate surface area is 213 Å². The zero-order chi connectivity index (χ0) is 26.1. The molecule has 1 aliphatic rings. The van der Waals surface area contributed by atoms with Gasteiger partial charge in [-0.2, -0.15) is 0 Å². The molecule has 2 unspecified atom stereocenters. The van der Waals surface area contributed by atoms with Crippen LogP contribution in [0.15, 0.2) is 30.3 Å². The molecule has 0 saturated heterocycles. The SMILES string of the molecule is CCCc1cccc2c1OC(C(=O)O)C(OCCCOc1ccc(C(C)=O)c(OCC)c1CCC)C2. The van der Waals surface area contributed by atoms with Gasteiger partial charge in [0.2, 0.25) is 6.10 Å². The van der Waals surface area contributed by atoms with Crippen molar-refractivity contribution < 1.29 is 33.6 Å². The van der Waals surface area contributed by atoms with Gasteiger partial charge in [0, 0.05) is 18.4 Å². The number of carboxylic acids is 1. The molecule has 0 bridgehead atoms. The third kappa shape index (κ3) is 6.58. The number of carbonyl (C=O) groups excluding carboxylic acids is 1. The highest BCUT2D eigenvalue weighted by atomic mass is 16.6. The van der Waals surface area contributed by atoms with E-state index in [4.69, 9.17) is 18.9 Å². The summed E-state index contributed by atoms with van der Waals surface area (Å²) in [6.07, 6.45) is 2.90. The minimum absolute atomic E-state index is 0.0400. The Bertz CT molecular complexity index is 1050. The molecule has 0 aliphatic carbocycles. The van der Waals surface area contributed by atoms with E-state index >= 15 is 0 Å². The van der Waals surface area contributed by atoms with E-state index in [1.807, 2.05) is 31.2 Å². The Balaban J connectivity index is 1.62. The minimum Gasteiger partial charge on any atom is -0.493 e. The molecule has 2 atom stereocenters. The number of aryl methyl sites for hydroxylation is 1. The first-order valence-electron chi connectivity index (χ1n) is 12.9. The van der Waals surface area contributed by atoms with E-state index in [2.05, 4.69) is 13.8 Å². The van der Waals surface area contributed by atoms with Gasteiger partial charge in [-0.3, -0.25) is 4.79 Å². The summed E-state index contributed by atoms with van der Waals surface area (Å²) < 4.78 is 23.8. The number of carboxylic acid groups (broad SMARTS) is 1. The van der Waals surface area contributed by atoms with Crippen molar-refractivity contribution in [1.29, 1.82) is 0 Å². The third-order valence-corrected chi connectivity index (χ3v) is 6.21. The van der Waals surface area contributed by atoms with E-state index in [-0.39, 0.29) is 5.78 Å². The molecule has 7 heteroatoms.